The van der Waals surface area contributed by atoms with E-state index in [4.69, 9.17) is 0 Å². The lowest BCUT2D eigenvalue weighted by molar-refractivity contribution is 0.128. The molecule has 2 aromatic carbocycles. The number of hydrogen-bond donors (Lipinski definition) is 3. The van der Waals surface area contributed by atoms with Crippen molar-refractivity contribution < 1.29 is 23.1 Å². The fourth-order valence-corrected chi connectivity index (χ4v) is 5.49. The van der Waals surface area contributed by atoms with E-state index in [9.17, 15) is 23.1 Å². The fourth-order valence-electron chi connectivity index (χ4n) is 5.49. The number of likely N-dealkylation sites (N-methyl/N-ethyl adjacent to an activating group) is 1. The number of amides is 2. The first-order chi connectivity index (χ1) is 17.7. The van der Waals surface area contributed by atoms with Crippen LogP contribution in [0.4, 0.5) is 23.7 Å². The first-order valence-electron chi connectivity index (χ1n) is 12.8. The fraction of sp³-hybridized carbons (Fsp3) is 0.519. The second kappa shape index (κ2) is 11.7. The van der Waals surface area contributed by atoms with E-state index >= 15 is 0 Å². The zero-order valence-electron chi connectivity index (χ0n) is 21.4. The van der Waals surface area contributed by atoms with Gasteiger partial charge in [0, 0.05) is 74.7 Å². The molecule has 0 aromatic heterocycles. The van der Waals surface area contributed by atoms with E-state index < -0.39 is 17.5 Å². The number of carbonyl (C=O) groups excluding carboxylic acids is 1. The van der Waals surface area contributed by atoms with Crippen LogP contribution in [0.1, 0.15) is 18.9 Å². The van der Waals surface area contributed by atoms with Crippen molar-refractivity contribution in [3.63, 3.8) is 0 Å². The summed E-state index contributed by atoms with van der Waals surface area (Å²) in [5, 5.41) is 16.1. The highest BCUT2D eigenvalue weighted by Crippen LogP contribution is 2.30. The van der Waals surface area contributed by atoms with Gasteiger partial charge in [-0.2, -0.15) is 0 Å². The molecule has 2 aliphatic heterocycles. The van der Waals surface area contributed by atoms with Crippen LogP contribution in [-0.2, 0) is 6.42 Å². The first kappa shape index (κ1) is 27.2. The number of aliphatic hydroxyl groups excluding tert-OH is 1. The van der Waals surface area contributed by atoms with Crippen LogP contribution in [0.25, 0.3) is 0 Å². The molecule has 10 heteroatoms. The van der Waals surface area contributed by atoms with Gasteiger partial charge in [0.05, 0.1) is 6.61 Å². The quantitative estimate of drug-likeness (QED) is 0.468. The highest BCUT2D eigenvalue weighted by atomic mass is 19.2. The van der Waals surface area contributed by atoms with Crippen LogP contribution in [0, 0.1) is 17.5 Å². The van der Waals surface area contributed by atoms with Crippen LogP contribution in [0.15, 0.2) is 42.5 Å². The zero-order valence-corrected chi connectivity index (χ0v) is 21.4. The molecule has 2 saturated heterocycles. The molecular weight excluding hydrogens is 483 g/mol. The summed E-state index contributed by atoms with van der Waals surface area (Å²) < 4.78 is 40.7. The van der Waals surface area contributed by atoms with Crippen LogP contribution in [-0.4, -0.2) is 91.5 Å². The average Bonchev–Trinajstić information content (AvgIpc) is 3.31. The lowest BCUT2D eigenvalue weighted by atomic mass is 9.86. The molecular formula is C27H36F3N5O2. The number of aliphatic hydroxyl groups is 1. The van der Waals surface area contributed by atoms with Crippen molar-refractivity contribution in [3.8, 4) is 0 Å². The van der Waals surface area contributed by atoms with Crippen molar-refractivity contribution >= 4 is 11.7 Å². The van der Waals surface area contributed by atoms with Crippen LogP contribution in [0.5, 0.6) is 0 Å². The molecule has 0 saturated carbocycles. The van der Waals surface area contributed by atoms with Gasteiger partial charge in [0.15, 0.2) is 17.5 Å². The van der Waals surface area contributed by atoms with Gasteiger partial charge >= 0.3 is 6.03 Å². The molecule has 4 rings (SSSR count). The van der Waals surface area contributed by atoms with Gasteiger partial charge in [-0.15, -0.1) is 0 Å². The van der Waals surface area contributed by atoms with Gasteiger partial charge in [0.1, 0.15) is 0 Å². The predicted octanol–water partition coefficient (Wildman–Crippen LogP) is 2.59. The molecule has 0 bridgehead atoms. The summed E-state index contributed by atoms with van der Waals surface area (Å²) in [7, 11) is 2.05. The molecule has 37 heavy (non-hydrogen) atoms. The number of rotatable bonds is 8. The topological polar surface area (TPSA) is 71.1 Å². The Balaban J connectivity index is 1.31. The molecule has 2 amide bonds. The Bertz CT molecular complexity index is 1050. The Morgan fingerprint density at radius 2 is 1.89 bits per heavy atom. The Hall–Kier alpha value is -2.82. The molecule has 3 N–H and O–H groups in total. The minimum absolute atomic E-state index is 0.0426. The number of anilines is 1. The van der Waals surface area contributed by atoms with Crippen LogP contribution < -0.4 is 15.5 Å². The first-order valence-corrected chi connectivity index (χ1v) is 12.8. The van der Waals surface area contributed by atoms with Gasteiger partial charge in [-0.3, -0.25) is 4.90 Å². The van der Waals surface area contributed by atoms with Crippen molar-refractivity contribution in [1.29, 1.82) is 0 Å². The van der Waals surface area contributed by atoms with E-state index in [1.807, 2.05) is 25.1 Å². The minimum atomic E-state index is -1.48. The maximum absolute atomic E-state index is 13.7. The van der Waals surface area contributed by atoms with Gasteiger partial charge in [0.2, 0.25) is 0 Å². The van der Waals surface area contributed by atoms with E-state index in [1.54, 1.807) is 9.80 Å². The summed E-state index contributed by atoms with van der Waals surface area (Å²) in [5.74, 6) is -3.93. The number of carbonyl (C=O) groups is 1. The number of halogens is 3. The maximum Gasteiger partial charge on any atom is 0.317 e. The molecule has 7 nitrogen and oxygen atoms in total. The second-order valence-electron chi connectivity index (χ2n) is 10.2. The smallest absolute Gasteiger partial charge is 0.317 e. The van der Waals surface area contributed by atoms with Crippen molar-refractivity contribution in [2.75, 3.05) is 57.8 Å². The molecule has 0 unspecified atom stereocenters. The summed E-state index contributed by atoms with van der Waals surface area (Å²) in [6.07, 6.45) is 1.65. The lowest BCUT2D eigenvalue weighted by Crippen LogP contribution is -2.58. The lowest BCUT2D eigenvalue weighted by Gasteiger charge is -2.41. The number of urea groups is 1. The molecule has 202 valence electrons. The normalized spacial score (nSPS) is 24.1. The molecule has 2 heterocycles. The largest absolute Gasteiger partial charge is 0.395 e. The number of nitrogens with zero attached hydrogens (tertiary/aromatic N) is 3. The van der Waals surface area contributed by atoms with Gasteiger partial charge < -0.3 is 25.5 Å². The predicted molar refractivity (Wildman–Crippen MR) is 137 cm³/mol. The third kappa shape index (κ3) is 6.19. The molecule has 0 aliphatic carbocycles. The molecule has 0 radical (unpaired) electrons. The standard InChI is InChI=1S/C27H36F3N5O2/c1-19-16-34(22-12-23(28)25(30)24(29)13-22)10-11-35(19)26(37)31-8-9-33(2)27(15-21(17-36)32-18-27)14-20-6-4-3-5-7-20/h3-7,12-13,19,21,32,36H,8-11,14-18H2,1-2H3,(H,31,37)/t19-,21-,27-/m1/s1. The number of benzene rings is 2. The summed E-state index contributed by atoms with van der Waals surface area (Å²) in [6, 6.07) is 11.9. The van der Waals surface area contributed by atoms with Crippen molar-refractivity contribution in [1.82, 2.24) is 20.4 Å². The number of hydrogen-bond acceptors (Lipinski definition) is 5. The zero-order chi connectivity index (χ0) is 26.6. The molecule has 2 aliphatic rings. The molecule has 2 fully saturated rings. The second-order valence-corrected chi connectivity index (χ2v) is 10.2. The molecule has 0 spiro atoms. The Morgan fingerprint density at radius 3 is 2.51 bits per heavy atom. The third-order valence-electron chi connectivity index (χ3n) is 7.70. The van der Waals surface area contributed by atoms with Crippen LogP contribution in [0.3, 0.4) is 0 Å². The summed E-state index contributed by atoms with van der Waals surface area (Å²) in [6.45, 7) is 4.95. The van der Waals surface area contributed by atoms with Crippen molar-refractivity contribution in [2.24, 2.45) is 0 Å². The van der Waals surface area contributed by atoms with E-state index in [-0.39, 0.29) is 35.9 Å². The Morgan fingerprint density at radius 1 is 1.19 bits per heavy atom. The molecule has 3 atom stereocenters. The highest BCUT2D eigenvalue weighted by molar-refractivity contribution is 5.75. The SMILES string of the molecule is C[C@@H]1CN(c2cc(F)c(F)c(F)c2)CCN1C(=O)NCCN(C)[C@@]1(Cc2ccccc2)CN[C@@H](CO)C1. The van der Waals surface area contributed by atoms with Gasteiger partial charge in [0.25, 0.3) is 0 Å². The highest BCUT2D eigenvalue weighted by Gasteiger charge is 2.42. The number of nitrogens with one attached hydrogen (secondary N) is 2. The Labute approximate surface area is 216 Å². The summed E-state index contributed by atoms with van der Waals surface area (Å²) in [5.41, 5.74) is 1.32. The Kier molecular flexibility index (Phi) is 8.61. The number of piperazine rings is 1. The van der Waals surface area contributed by atoms with Gasteiger partial charge in [-0.25, -0.2) is 18.0 Å². The minimum Gasteiger partial charge on any atom is -0.395 e. The van der Waals surface area contributed by atoms with Gasteiger partial charge in [-0.1, -0.05) is 30.3 Å². The molecule has 2 aromatic rings. The van der Waals surface area contributed by atoms with Crippen LogP contribution in [0.2, 0.25) is 0 Å². The van der Waals surface area contributed by atoms with Gasteiger partial charge in [-0.05, 0) is 32.4 Å². The van der Waals surface area contributed by atoms with E-state index in [1.165, 1.54) is 5.56 Å². The van der Waals surface area contributed by atoms with Crippen LogP contribution >= 0.6 is 0 Å². The monoisotopic (exact) mass is 519 g/mol. The maximum atomic E-state index is 13.7. The average molecular weight is 520 g/mol. The van der Waals surface area contributed by atoms with E-state index in [2.05, 4.69) is 34.7 Å². The van der Waals surface area contributed by atoms with Crippen molar-refractivity contribution in [3.05, 3.63) is 65.5 Å². The third-order valence-corrected chi connectivity index (χ3v) is 7.70. The summed E-state index contributed by atoms with van der Waals surface area (Å²) in [4.78, 5) is 18.7. The van der Waals surface area contributed by atoms with Crippen molar-refractivity contribution in [2.45, 2.75) is 37.4 Å². The summed E-state index contributed by atoms with van der Waals surface area (Å²) >= 11 is 0. The van der Waals surface area contributed by atoms with E-state index in [0.29, 0.717) is 32.7 Å². The van der Waals surface area contributed by atoms with E-state index in [0.717, 1.165) is 31.5 Å².